The highest BCUT2D eigenvalue weighted by Crippen LogP contribution is 2.14. The molecule has 0 unspecified atom stereocenters. The number of unbranched alkanes of at least 4 members (excludes halogenated alkanes) is 27. The third kappa shape index (κ3) is 50.0. The lowest BCUT2D eigenvalue weighted by Gasteiger charge is -2.18. The number of rotatable bonds is 48. The van der Waals surface area contributed by atoms with Gasteiger partial charge in [0.15, 0.2) is 6.10 Å². The van der Waals surface area contributed by atoms with Crippen LogP contribution in [0.15, 0.2) is 60.8 Å². The lowest BCUT2D eigenvalue weighted by molar-refractivity contribution is -0.167. The predicted molar refractivity (Wildman–Crippen MR) is 270 cm³/mol. The topological polar surface area (TPSA) is 78.9 Å². The Morgan fingerprint density at radius 3 is 0.921 bits per heavy atom. The number of carbonyl (C=O) groups is 3. The van der Waals surface area contributed by atoms with Crippen molar-refractivity contribution in [1.29, 1.82) is 0 Å². The van der Waals surface area contributed by atoms with Crippen LogP contribution in [0.3, 0.4) is 0 Å². The molecule has 1 atom stereocenters. The molecule has 0 aromatic heterocycles. The fourth-order valence-electron chi connectivity index (χ4n) is 7.38. The first-order valence-electron chi connectivity index (χ1n) is 26.8. The van der Waals surface area contributed by atoms with Gasteiger partial charge in [-0.3, -0.25) is 14.4 Å². The van der Waals surface area contributed by atoms with E-state index in [0.717, 1.165) is 103 Å². The second-order valence-electron chi connectivity index (χ2n) is 17.8. The van der Waals surface area contributed by atoms with Gasteiger partial charge in [0, 0.05) is 19.3 Å². The van der Waals surface area contributed by atoms with Crippen molar-refractivity contribution in [3.05, 3.63) is 60.8 Å². The molecule has 0 aromatic rings. The number of esters is 3. The summed E-state index contributed by atoms with van der Waals surface area (Å²) in [7, 11) is 0. The van der Waals surface area contributed by atoms with Crippen LogP contribution in [-0.4, -0.2) is 37.2 Å². The zero-order valence-electron chi connectivity index (χ0n) is 41.6. The predicted octanol–water partition coefficient (Wildman–Crippen LogP) is 17.6. The van der Waals surface area contributed by atoms with Gasteiger partial charge in [0.05, 0.1) is 0 Å². The van der Waals surface area contributed by atoms with Crippen LogP contribution < -0.4 is 0 Å². The van der Waals surface area contributed by atoms with Gasteiger partial charge >= 0.3 is 17.9 Å². The maximum Gasteiger partial charge on any atom is 0.306 e. The van der Waals surface area contributed by atoms with Gasteiger partial charge in [-0.1, -0.05) is 197 Å². The molecule has 0 aliphatic carbocycles. The minimum atomic E-state index is -0.787. The zero-order chi connectivity index (χ0) is 45.8. The van der Waals surface area contributed by atoms with E-state index in [0.29, 0.717) is 19.3 Å². The Kier molecular flexibility index (Phi) is 49.4. The molecule has 0 aromatic carbocycles. The molecule has 6 heteroatoms. The van der Waals surface area contributed by atoms with Crippen molar-refractivity contribution in [1.82, 2.24) is 0 Å². The lowest BCUT2D eigenvalue weighted by atomic mass is 10.1. The summed E-state index contributed by atoms with van der Waals surface area (Å²) in [6.45, 7) is 6.56. The molecule has 0 radical (unpaired) electrons. The summed E-state index contributed by atoms with van der Waals surface area (Å²) < 4.78 is 16.8. The van der Waals surface area contributed by atoms with Crippen LogP contribution in [-0.2, 0) is 28.6 Å². The Balaban J connectivity index is 4.41. The highest BCUT2D eigenvalue weighted by molar-refractivity contribution is 5.71. The molecule has 0 bridgehead atoms. The summed E-state index contributed by atoms with van der Waals surface area (Å²) in [6, 6.07) is 0. The van der Waals surface area contributed by atoms with Gasteiger partial charge in [0.2, 0.25) is 0 Å². The Morgan fingerprint density at radius 1 is 0.317 bits per heavy atom. The van der Waals surface area contributed by atoms with E-state index >= 15 is 0 Å². The second kappa shape index (κ2) is 51.7. The number of hydrogen-bond acceptors (Lipinski definition) is 6. The first kappa shape index (κ1) is 60.1. The summed E-state index contributed by atoms with van der Waals surface area (Å²) in [5.41, 5.74) is 0. The van der Waals surface area contributed by atoms with Crippen LogP contribution >= 0.6 is 0 Å². The van der Waals surface area contributed by atoms with Gasteiger partial charge in [-0.05, 0) is 109 Å². The average molecular weight is 881 g/mol. The van der Waals surface area contributed by atoms with Crippen LogP contribution in [0.25, 0.3) is 0 Å². The van der Waals surface area contributed by atoms with Gasteiger partial charge in [0.1, 0.15) is 13.2 Å². The van der Waals surface area contributed by atoms with Crippen molar-refractivity contribution in [2.24, 2.45) is 0 Å². The number of hydrogen-bond donors (Lipinski definition) is 0. The smallest absolute Gasteiger partial charge is 0.306 e. The summed E-state index contributed by atoms with van der Waals surface area (Å²) in [4.78, 5) is 38.0. The second-order valence-corrected chi connectivity index (χ2v) is 17.8. The van der Waals surface area contributed by atoms with Gasteiger partial charge in [0.25, 0.3) is 0 Å². The Labute approximate surface area is 390 Å². The van der Waals surface area contributed by atoms with Gasteiger partial charge in [-0.25, -0.2) is 0 Å². The largest absolute Gasteiger partial charge is 0.462 e. The Bertz CT molecular complexity index is 1150. The summed E-state index contributed by atoms with van der Waals surface area (Å²) >= 11 is 0. The third-order valence-corrected chi connectivity index (χ3v) is 11.5. The van der Waals surface area contributed by atoms with Gasteiger partial charge < -0.3 is 14.2 Å². The van der Waals surface area contributed by atoms with Crippen molar-refractivity contribution in [2.75, 3.05) is 13.2 Å². The lowest BCUT2D eigenvalue weighted by Crippen LogP contribution is -2.30. The highest BCUT2D eigenvalue weighted by atomic mass is 16.6. The van der Waals surface area contributed by atoms with Crippen molar-refractivity contribution < 1.29 is 28.6 Å². The highest BCUT2D eigenvalue weighted by Gasteiger charge is 2.19. The zero-order valence-corrected chi connectivity index (χ0v) is 41.6. The Morgan fingerprint density at radius 2 is 0.571 bits per heavy atom. The van der Waals surface area contributed by atoms with Crippen LogP contribution in [0.5, 0.6) is 0 Å². The van der Waals surface area contributed by atoms with E-state index in [-0.39, 0.29) is 31.1 Å². The summed E-state index contributed by atoms with van der Waals surface area (Å²) in [6.07, 6.45) is 63.4. The molecule has 0 heterocycles. The summed E-state index contributed by atoms with van der Waals surface area (Å²) in [5.74, 6) is -0.911. The molecular formula is C57H100O6. The maximum atomic E-state index is 12.8. The van der Waals surface area contributed by atoms with Crippen molar-refractivity contribution in [2.45, 2.75) is 271 Å². The van der Waals surface area contributed by atoms with E-state index in [4.69, 9.17) is 14.2 Å². The van der Waals surface area contributed by atoms with E-state index in [2.05, 4.69) is 81.5 Å². The Hall–Kier alpha value is -2.89. The minimum absolute atomic E-state index is 0.0864. The minimum Gasteiger partial charge on any atom is -0.462 e. The molecule has 0 aliphatic rings. The van der Waals surface area contributed by atoms with Crippen molar-refractivity contribution in [3.8, 4) is 0 Å². The monoisotopic (exact) mass is 881 g/mol. The molecule has 6 nitrogen and oxygen atoms in total. The number of allylic oxidation sites excluding steroid dienone is 10. The standard InChI is InChI=1S/C57H100O6/c1-4-7-10-13-16-19-22-25-27-28-30-32-35-38-41-44-47-50-56(59)62-53-54(52-61-55(58)49-46-43-40-37-34-31-24-21-18-15-12-9-6-3)63-57(60)51-48-45-42-39-36-33-29-26-23-20-17-14-11-8-5-2/h16-17,19-21,24-27,29,54H,4-15,18,22-23,28,30-53H2,1-3H3/b19-16-,20-17-,24-21-,27-25-,29-26-/t54-/m0/s1. The fourth-order valence-corrected chi connectivity index (χ4v) is 7.38. The van der Waals surface area contributed by atoms with E-state index in [1.54, 1.807) is 0 Å². The average Bonchev–Trinajstić information content (AvgIpc) is 3.28. The molecule has 364 valence electrons. The molecule has 63 heavy (non-hydrogen) atoms. The van der Waals surface area contributed by atoms with E-state index < -0.39 is 6.10 Å². The van der Waals surface area contributed by atoms with E-state index in [1.807, 2.05) is 0 Å². The van der Waals surface area contributed by atoms with E-state index in [1.165, 1.54) is 122 Å². The molecular weight excluding hydrogens is 781 g/mol. The molecule has 0 saturated heterocycles. The fraction of sp³-hybridized carbons (Fsp3) is 0.772. The quantitative estimate of drug-likeness (QED) is 0.0262. The first-order valence-corrected chi connectivity index (χ1v) is 26.8. The van der Waals surface area contributed by atoms with Crippen LogP contribution in [0.1, 0.15) is 265 Å². The SMILES string of the molecule is CCCCC/C=C\C/C=C\CCCCCCCCCC(=O)OC[C@H](COC(=O)CCCCCCC/C=C\CCCCCC)OC(=O)CCCCCCC/C=C\C/C=C\CCCCC. The molecule has 0 amide bonds. The molecule has 0 aliphatic heterocycles. The summed E-state index contributed by atoms with van der Waals surface area (Å²) in [5, 5.41) is 0. The molecule has 0 spiro atoms. The van der Waals surface area contributed by atoms with Crippen LogP contribution in [0, 0.1) is 0 Å². The molecule has 0 N–H and O–H groups in total. The normalized spacial score (nSPS) is 12.5. The molecule has 0 rings (SSSR count). The molecule has 0 fully saturated rings. The van der Waals surface area contributed by atoms with Crippen LogP contribution in [0.2, 0.25) is 0 Å². The first-order chi connectivity index (χ1) is 31.0. The number of carbonyl (C=O) groups excluding carboxylic acids is 3. The third-order valence-electron chi connectivity index (χ3n) is 11.5. The number of ether oxygens (including phenoxy) is 3. The maximum absolute atomic E-state index is 12.8. The van der Waals surface area contributed by atoms with Crippen LogP contribution in [0.4, 0.5) is 0 Å². The van der Waals surface area contributed by atoms with Gasteiger partial charge in [-0.15, -0.1) is 0 Å². The van der Waals surface area contributed by atoms with Gasteiger partial charge in [-0.2, -0.15) is 0 Å². The van der Waals surface area contributed by atoms with E-state index in [9.17, 15) is 14.4 Å². The van der Waals surface area contributed by atoms with Crippen molar-refractivity contribution >= 4 is 17.9 Å². The van der Waals surface area contributed by atoms with Crippen molar-refractivity contribution in [3.63, 3.8) is 0 Å². The molecule has 0 saturated carbocycles.